The average Bonchev–Trinajstić information content (AvgIpc) is 2.44. The first-order valence-electron chi connectivity index (χ1n) is 8.09. The van der Waals surface area contributed by atoms with Gasteiger partial charge in [-0.25, -0.2) is 0 Å². The molecular formula is C19H27BrO. The molecule has 0 fully saturated rings. The van der Waals surface area contributed by atoms with Crippen LogP contribution in [-0.2, 0) is 5.41 Å². The summed E-state index contributed by atoms with van der Waals surface area (Å²) in [6.07, 6.45) is 8.41. The van der Waals surface area contributed by atoms with Crippen LogP contribution in [0.2, 0.25) is 0 Å². The Bertz CT molecular complexity index is 529. The predicted molar refractivity (Wildman–Crippen MR) is 95.1 cm³/mol. The lowest BCUT2D eigenvalue weighted by Gasteiger charge is -2.32. The number of ether oxygens (including phenoxy) is 1. The van der Waals surface area contributed by atoms with Crippen molar-refractivity contribution < 1.29 is 4.74 Å². The van der Waals surface area contributed by atoms with E-state index in [1.54, 1.807) is 0 Å². The zero-order chi connectivity index (χ0) is 15.5. The molecule has 21 heavy (non-hydrogen) atoms. The summed E-state index contributed by atoms with van der Waals surface area (Å²) in [5.41, 5.74) is 4.33. The van der Waals surface area contributed by atoms with Gasteiger partial charge in [0.2, 0.25) is 0 Å². The van der Waals surface area contributed by atoms with Crippen molar-refractivity contribution in [3.63, 3.8) is 0 Å². The van der Waals surface area contributed by atoms with E-state index in [1.165, 1.54) is 36.0 Å². The SMILES string of the molecule is CCCCCCOc1cc2c(cc1Br)C(C)=CCC2(C)C. The van der Waals surface area contributed by atoms with Gasteiger partial charge in [0.1, 0.15) is 5.75 Å². The van der Waals surface area contributed by atoms with Crippen LogP contribution >= 0.6 is 15.9 Å². The van der Waals surface area contributed by atoms with E-state index >= 15 is 0 Å². The first-order valence-corrected chi connectivity index (χ1v) is 8.89. The third-order valence-electron chi connectivity index (χ3n) is 4.40. The lowest BCUT2D eigenvalue weighted by atomic mass is 9.73. The van der Waals surface area contributed by atoms with Crippen molar-refractivity contribution in [2.75, 3.05) is 6.61 Å². The smallest absolute Gasteiger partial charge is 0.133 e. The van der Waals surface area contributed by atoms with Gasteiger partial charge in [0, 0.05) is 0 Å². The molecule has 2 rings (SSSR count). The highest BCUT2D eigenvalue weighted by molar-refractivity contribution is 9.10. The van der Waals surface area contributed by atoms with Crippen LogP contribution in [0.1, 0.15) is 70.9 Å². The van der Waals surface area contributed by atoms with E-state index in [0.29, 0.717) is 0 Å². The number of halogens is 1. The molecule has 1 aromatic rings. The maximum Gasteiger partial charge on any atom is 0.133 e. The fourth-order valence-electron chi connectivity index (χ4n) is 2.89. The summed E-state index contributed by atoms with van der Waals surface area (Å²) in [6, 6.07) is 4.47. The van der Waals surface area contributed by atoms with Gasteiger partial charge in [0.15, 0.2) is 0 Å². The Morgan fingerprint density at radius 2 is 1.95 bits per heavy atom. The van der Waals surface area contributed by atoms with Gasteiger partial charge >= 0.3 is 0 Å². The minimum Gasteiger partial charge on any atom is -0.492 e. The van der Waals surface area contributed by atoms with Crippen molar-refractivity contribution in [3.05, 3.63) is 33.8 Å². The van der Waals surface area contributed by atoms with E-state index in [2.05, 4.69) is 61.8 Å². The fourth-order valence-corrected chi connectivity index (χ4v) is 3.35. The Labute approximate surface area is 137 Å². The second kappa shape index (κ2) is 7.00. The zero-order valence-electron chi connectivity index (χ0n) is 13.8. The maximum absolute atomic E-state index is 6.01. The molecule has 0 aliphatic heterocycles. The Morgan fingerprint density at radius 3 is 2.67 bits per heavy atom. The first kappa shape index (κ1) is 16.6. The fraction of sp³-hybridized carbons (Fsp3) is 0.579. The Hall–Kier alpha value is -0.760. The molecule has 0 spiro atoms. The summed E-state index contributed by atoms with van der Waals surface area (Å²) in [7, 11) is 0. The summed E-state index contributed by atoms with van der Waals surface area (Å²) in [4.78, 5) is 0. The standard InChI is InChI=1S/C19H27BrO/c1-5-6-7-8-11-21-18-13-16-15(12-17(18)20)14(2)9-10-19(16,3)4/h9,12-13H,5-8,10-11H2,1-4H3. The molecule has 1 aromatic carbocycles. The maximum atomic E-state index is 6.01. The summed E-state index contributed by atoms with van der Waals surface area (Å²) < 4.78 is 7.08. The largest absolute Gasteiger partial charge is 0.492 e. The van der Waals surface area contributed by atoms with Crippen LogP contribution in [0.3, 0.4) is 0 Å². The lowest BCUT2D eigenvalue weighted by Crippen LogP contribution is -2.21. The number of hydrogen-bond donors (Lipinski definition) is 0. The zero-order valence-corrected chi connectivity index (χ0v) is 15.3. The summed E-state index contributed by atoms with van der Waals surface area (Å²) in [5.74, 6) is 0.994. The minimum atomic E-state index is 0.190. The van der Waals surface area contributed by atoms with E-state index in [9.17, 15) is 0 Å². The molecule has 0 heterocycles. The summed E-state index contributed by atoms with van der Waals surface area (Å²) in [5, 5.41) is 0. The van der Waals surface area contributed by atoms with Crippen LogP contribution < -0.4 is 4.74 Å². The highest BCUT2D eigenvalue weighted by Gasteiger charge is 2.28. The van der Waals surface area contributed by atoms with Crippen molar-refractivity contribution in [1.29, 1.82) is 0 Å². The van der Waals surface area contributed by atoms with E-state index in [1.807, 2.05) is 0 Å². The van der Waals surface area contributed by atoms with E-state index in [-0.39, 0.29) is 5.41 Å². The van der Waals surface area contributed by atoms with Crippen LogP contribution in [0, 0.1) is 0 Å². The Kier molecular flexibility index (Phi) is 5.54. The Morgan fingerprint density at radius 1 is 1.19 bits per heavy atom. The highest BCUT2D eigenvalue weighted by atomic mass is 79.9. The number of rotatable bonds is 6. The van der Waals surface area contributed by atoms with Crippen LogP contribution in [0.25, 0.3) is 5.57 Å². The third kappa shape index (κ3) is 3.91. The van der Waals surface area contributed by atoms with Crippen molar-refractivity contribution in [1.82, 2.24) is 0 Å². The van der Waals surface area contributed by atoms with E-state index in [4.69, 9.17) is 4.74 Å². The molecule has 0 N–H and O–H groups in total. The molecule has 0 radical (unpaired) electrons. The molecule has 1 aliphatic rings. The number of hydrogen-bond acceptors (Lipinski definition) is 1. The van der Waals surface area contributed by atoms with Crippen molar-refractivity contribution in [2.45, 2.75) is 65.2 Å². The number of benzene rings is 1. The second-order valence-electron chi connectivity index (χ2n) is 6.71. The molecule has 0 unspecified atom stereocenters. The molecule has 0 saturated carbocycles. The number of unbranched alkanes of at least 4 members (excludes halogenated alkanes) is 3. The van der Waals surface area contributed by atoms with Crippen molar-refractivity contribution in [3.8, 4) is 5.75 Å². The minimum absolute atomic E-state index is 0.190. The molecule has 0 saturated heterocycles. The van der Waals surface area contributed by atoms with Gasteiger partial charge in [-0.1, -0.05) is 46.1 Å². The van der Waals surface area contributed by atoms with E-state index < -0.39 is 0 Å². The van der Waals surface area contributed by atoms with Crippen LogP contribution in [0.4, 0.5) is 0 Å². The quantitative estimate of drug-likeness (QED) is 0.532. The average molecular weight is 351 g/mol. The van der Waals surface area contributed by atoms with E-state index in [0.717, 1.165) is 29.7 Å². The topological polar surface area (TPSA) is 9.23 Å². The van der Waals surface area contributed by atoms with Gasteiger partial charge in [-0.3, -0.25) is 0 Å². The molecule has 1 aliphatic carbocycles. The van der Waals surface area contributed by atoms with Crippen LogP contribution in [0.15, 0.2) is 22.7 Å². The molecule has 0 aromatic heterocycles. The first-order chi connectivity index (χ1) is 9.95. The van der Waals surface area contributed by atoms with Crippen molar-refractivity contribution in [2.24, 2.45) is 0 Å². The summed E-state index contributed by atoms with van der Waals surface area (Å²) in [6.45, 7) is 9.87. The van der Waals surface area contributed by atoms with Gasteiger partial charge in [-0.2, -0.15) is 0 Å². The molecule has 116 valence electrons. The number of allylic oxidation sites excluding steroid dienone is 2. The van der Waals surface area contributed by atoms with Gasteiger partial charge in [-0.15, -0.1) is 0 Å². The summed E-state index contributed by atoms with van der Waals surface area (Å²) >= 11 is 3.67. The van der Waals surface area contributed by atoms with Gasteiger partial charge < -0.3 is 4.74 Å². The normalized spacial score (nSPS) is 16.3. The lowest BCUT2D eigenvalue weighted by molar-refractivity contribution is 0.302. The third-order valence-corrected chi connectivity index (χ3v) is 5.02. The Balaban J connectivity index is 2.16. The predicted octanol–water partition coefficient (Wildman–Crippen LogP) is 6.49. The number of fused-ring (bicyclic) bond motifs is 1. The molecule has 0 amide bonds. The van der Waals surface area contributed by atoms with Gasteiger partial charge in [0.25, 0.3) is 0 Å². The monoisotopic (exact) mass is 350 g/mol. The molecule has 0 bridgehead atoms. The second-order valence-corrected chi connectivity index (χ2v) is 7.57. The molecule has 1 nitrogen and oxygen atoms in total. The molecular weight excluding hydrogens is 324 g/mol. The van der Waals surface area contributed by atoms with Gasteiger partial charge in [0.05, 0.1) is 11.1 Å². The van der Waals surface area contributed by atoms with Gasteiger partial charge in [-0.05, 0) is 69.9 Å². The molecule has 0 atom stereocenters. The highest BCUT2D eigenvalue weighted by Crippen LogP contribution is 2.43. The molecule has 2 heteroatoms. The van der Waals surface area contributed by atoms with Crippen LogP contribution in [-0.4, -0.2) is 6.61 Å². The van der Waals surface area contributed by atoms with Crippen molar-refractivity contribution >= 4 is 21.5 Å². The van der Waals surface area contributed by atoms with Crippen LogP contribution in [0.5, 0.6) is 5.75 Å².